The second kappa shape index (κ2) is 6.61. The molecule has 1 aromatic heterocycles. The Balaban J connectivity index is 2.13. The van der Waals surface area contributed by atoms with Crippen LogP contribution in [0.2, 0.25) is 5.02 Å². The fraction of sp³-hybridized carbons (Fsp3) is 0.333. The van der Waals surface area contributed by atoms with E-state index in [1.165, 1.54) is 0 Å². The second-order valence-electron chi connectivity index (χ2n) is 3.73. The molecule has 96 valence electrons. The van der Waals surface area contributed by atoms with E-state index >= 15 is 0 Å². The normalized spacial score (nSPS) is 10.8. The lowest BCUT2D eigenvalue weighted by atomic mass is 10.2. The first kappa shape index (κ1) is 13.9. The highest BCUT2D eigenvalue weighted by atomic mass is 79.9. The molecule has 0 spiro atoms. The van der Waals surface area contributed by atoms with E-state index in [-0.39, 0.29) is 0 Å². The summed E-state index contributed by atoms with van der Waals surface area (Å²) in [7, 11) is 0. The molecule has 1 N–H and O–H groups in total. The molecule has 2 aromatic rings. The molecule has 0 fully saturated rings. The number of benzene rings is 1. The summed E-state index contributed by atoms with van der Waals surface area (Å²) >= 11 is 11.2. The van der Waals surface area contributed by atoms with Crippen molar-refractivity contribution in [3.8, 4) is 10.6 Å². The van der Waals surface area contributed by atoms with Crippen LogP contribution in [-0.2, 0) is 6.42 Å². The quantitative estimate of drug-likeness (QED) is 0.837. The van der Waals surface area contributed by atoms with Crippen molar-refractivity contribution < 1.29 is 0 Å². The minimum atomic E-state index is 0.693. The largest absolute Gasteiger partial charge is 0.317 e. The molecule has 2 rings (SSSR count). The number of aromatic nitrogens is 2. The van der Waals surface area contributed by atoms with Gasteiger partial charge in [-0.2, -0.15) is 0 Å². The standard InChI is InChI=1S/C12H13BrClN3S/c1-2-15-6-5-11-16-17-12(18-11)9-4-3-8(13)7-10(9)14/h3-4,7,15H,2,5-6H2,1H3. The number of hydrogen-bond donors (Lipinski definition) is 1. The van der Waals surface area contributed by atoms with Gasteiger partial charge in [0.2, 0.25) is 0 Å². The van der Waals surface area contributed by atoms with Crippen LogP contribution in [0, 0.1) is 0 Å². The second-order valence-corrected chi connectivity index (χ2v) is 6.11. The van der Waals surface area contributed by atoms with Crippen molar-refractivity contribution >= 4 is 38.9 Å². The van der Waals surface area contributed by atoms with Gasteiger partial charge in [-0.05, 0) is 24.7 Å². The number of likely N-dealkylation sites (N-methyl/N-ethyl adjacent to an activating group) is 1. The van der Waals surface area contributed by atoms with Crippen LogP contribution < -0.4 is 5.32 Å². The summed E-state index contributed by atoms with van der Waals surface area (Å²) in [6.07, 6.45) is 0.902. The van der Waals surface area contributed by atoms with Gasteiger partial charge in [0.1, 0.15) is 10.0 Å². The monoisotopic (exact) mass is 345 g/mol. The Morgan fingerprint density at radius 1 is 1.39 bits per heavy atom. The van der Waals surface area contributed by atoms with Gasteiger partial charge in [-0.3, -0.25) is 0 Å². The van der Waals surface area contributed by atoms with Crippen LogP contribution in [-0.4, -0.2) is 23.3 Å². The van der Waals surface area contributed by atoms with Gasteiger partial charge < -0.3 is 5.32 Å². The number of hydrogen-bond acceptors (Lipinski definition) is 4. The third-order valence-electron chi connectivity index (χ3n) is 2.39. The van der Waals surface area contributed by atoms with E-state index in [0.29, 0.717) is 5.02 Å². The summed E-state index contributed by atoms with van der Waals surface area (Å²) in [5, 5.41) is 14.3. The predicted molar refractivity (Wildman–Crippen MR) is 80.3 cm³/mol. The zero-order valence-corrected chi connectivity index (χ0v) is 13.1. The molecule has 0 saturated heterocycles. The van der Waals surface area contributed by atoms with Crippen molar-refractivity contribution in [3.05, 3.63) is 32.7 Å². The third kappa shape index (κ3) is 3.51. The van der Waals surface area contributed by atoms with E-state index < -0.39 is 0 Å². The molecule has 18 heavy (non-hydrogen) atoms. The van der Waals surface area contributed by atoms with Crippen LogP contribution in [0.25, 0.3) is 10.6 Å². The fourth-order valence-electron chi connectivity index (χ4n) is 1.50. The maximum Gasteiger partial charge on any atom is 0.149 e. The molecule has 0 bridgehead atoms. The topological polar surface area (TPSA) is 37.8 Å². The summed E-state index contributed by atoms with van der Waals surface area (Å²) in [6.45, 7) is 4.00. The Bertz CT molecular complexity index is 530. The summed E-state index contributed by atoms with van der Waals surface area (Å²) in [6, 6.07) is 5.79. The molecule has 0 aliphatic rings. The Hall–Kier alpha value is -0.490. The fourth-order valence-corrected chi connectivity index (χ4v) is 3.20. The molecule has 0 aliphatic carbocycles. The number of rotatable bonds is 5. The number of nitrogens with zero attached hydrogens (tertiary/aromatic N) is 2. The molecule has 0 unspecified atom stereocenters. The van der Waals surface area contributed by atoms with E-state index in [2.05, 4.69) is 38.4 Å². The minimum Gasteiger partial charge on any atom is -0.317 e. The molecule has 0 aliphatic heterocycles. The van der Waals surface area contributed by atoms with Gasteiger partial charge in [-0.15, -0.1) is 10.2 Å². The molecular formula is C12H13BrClN3S. The Morgan fingerprint density at radius 3 is 2.94 bits per heavy atom. The average Bonchev–Trinajstić information content (AvgIpc) is 2.78. The van der Waals surface area contributed by atoms with Crippen molar-refractivity contribution in [1.29, 1.82) is 0 Å². The molecule has 1 heterocycles. The van der Waals surface area contributed by atoms with E-state index in [0.717, 1.165) is 39.6 Å². The lowest BCUT2D eigenvalue weighted by Crippen LogP contribution is -2.15. The Morgan fingerprint density at radius 2 is 2.22 bits per heavy atom. The highest BCUT2D eigenvalue weighted by Gasteiger charge is 2.10. The smallest absolute Gasteiger partial charge is 0.149 e. The Kier molecular flexibility index (Phi) is 5.12. The van der Waals surface area contributed by atoms with Crippen LogP contribution in [0.3, 0.4) is 0 Å². The molecule has 0 amide bonds. The SMILES string of the molecule is CCNCCc1nnc(-c2ccc(Br)cc2Cl)s1. The van der Waals surface area contributed by atoms with Crippen molar-refractivity contribution in [1.82, 2.24) is 15.5 Å². The first-order chi connectivity index (χ1) is 8.70. The van der Waals surface area contributed by atoms with Crippen molar-refractivity contribution in [3.63, 3.8) is 0 Å². The summed E-state index contributed by atoms with van der Waals surface area (Å²) in [4.78, 5) is 0. The summed E-state index contributed by atoms with van der Waals surface area (Å²) in [5.74, 6) is 0. The van der Waals surface area contributed by atoms with Crippen molar-refractivity contribution in [2.24, 2.45) is 0 Å². The van der Waals surface area contributed by atoms with Crippen molar-refractivity contribution in [2.45, 2.75) is 13.3 Å². The molecule has 3 nitrogen and oxygen atoms in total. The molecule has 0 atom stereocenters. The predicted octanol–water partition coefficient (Wildman–Crippen LogP) is 3.77. The van der Waals surface area contributed by atoms with E-state index in [4.69, 9.17) is 11.6 Å². The van der Waals surface area contributed by atoms with Crippen LogP contribution >= 0.6 is 38.9 Å². The van der Waals surface area contributed by atoms with Crippen molar-refractivity contribution in [2.75, 3.05) is 13.1 Å². The summed E-state index contributed by atoms with van der Waals surface area (Å²) < 4.78 is 0.966. The average molecular weight is 347 g/mol. The minimum absolute atomic E-state index is 0.693. The van der Waals surface area contributed by atoms with E-state index in [1.807, 2.05) is 18.2 Å². The van der Waals surface area contributed by atoms with Crippen LogP contribution in [0.4, 0.5) is 0 Å². The lowest BCUT2D eigenvalue weighted by molar-refractivity contribution is 0.710. The zero-order valence-electron chi connectivity index (χ0n) is 9.91. The van der Waals surface area contributed by atoms with Crippen LogP contribution in [0.15, 0.2) is 22.7 Å². The first-order valence-electron chi connectivity index (χ1n) is 5.69. The number of nitrogens with one attached hydrogen (secondary N) is 1. The van der Waals surface area contributed by atoms with Gasteiger partial charge in [0.05, 0.1) is 5.02 Å². The van der Waals surface area contributed by atoms with Gasteiger partial charge in [0, 0.05) is 23.0 Å². The Labute approximate surface area is 124 Å². The van der Waals surface area contributed by atoms with E-state index in [1.54, 1.807) is 11.3 Å². The van der Waals surface area contributed by atoms with Gasteiger partial charge >= 0.3 is 0 Å². The summed E-state index contributed by atoms with van der Waals surface area (Å²) in [5.41, 5.74) is 0.937. The maximum absolute atomic E-state index is 6.20. The molecule has 1 aromatic carbocycles. The van der Waals surface area contributed by atoms with Gasteiger partial charge in [-0.1, -0.05) is 45.8 Å². The van der Waals surface area contributed by atoms with Gasteiger partial charge in [-0.25, -0.2) is 0 Å². The van der Waals surface area contributed by atoms with E-state index in [9.17, 15) is 0 Å². The van der Waals surface area contributed by atoms with Crippen LogP contribution in [0.1, 0.15) is 11.9 Å². The van der Waals surface area contributed by atoms with Gasteiger partial charge in [0.25, 0.3) is 0 Å². The molecule has 0 radical (unpaired) electrons. The highest BCUT2D eigenvalue weighted by molar-refractivity contribution is 9.10. The molecular weight excluding hydrogens is 334 g/mol. The molecule has 6 heteroatoms. The molecule has 0 saturated carbocycles. The first-order valence-corrected chi connectivity index (χ1v) is 7.68. The van der Waals surface area contributed by atoms with Gasteiger partial charge in [0.15, 0.2) is 0 Å². The highest BCUT2D eigenvalue weighted by Crippen LogP contribution is 2.32. The third-order valence-corrected chi connectivity index (χ3v) is 4.22. The lowest BCUT2D eigenvalue weighted by Gasteiger charge is -1.99. The maximum atomic E-state index is 6.20. The number of halogens is 2. The van der Waals surface area contributed by atoms with Crippen LogP contribution in [0.5, 0.6) is 0 Å². The zero-order chi connectivity index (χ0) is 13.0.